The van der Waals surface area contributed by atoms with Gasteiger partial charge in [0.25, 0.3) is 0 Å². The minimum absolute atomic E-state index is 1.09. The van der Waals surface area contributed by atoms with Gasteiger partial charge in [-0.3, -0.25) is 0 Å². The molecule has 12 aromatic rings. The Morgan fingerprint density at radius 1 is 0.300 bits per heavy atom. The van der Waals surface area contributed by atoms with Crippen LogP contribution < -0.4 is 4.90 Å². The number of fused-ring (bicyclic) bond motifs is 10. The Morgan fingerprint density at radius 2 is 0.850 bits per heavy atom. The smallest absolute Gasteiger partial charge is 0.0561 e. The molecule has 0 fully saturated rings. The standard InChI is InChI=1S/C58H38N2/c1-3-15-39(16-4-1)40-29-32-45(33-30-40)59(46-34-36-51-49-23-11-14-26-55(49)60(56(51)38-46)44-19-5-2-6-20-44)54-25-13-12-24-50(54)53-37-43-28-27-41-17-7-9-21-47(41)57(43)58-48-22-10-8-18-42(48)31-35-52(53)58/h1-38H. The number of benzene rings is 11. The first-order chi connectivity index (χ1) is 29.8. The molecule has 0 unspecified atom stereocenters. The SMILES string of the molecule is c1ccc(-c2ccc(N(c3ccc4c5ccccc5n(-c5ccccc5)c4c3)c3ccccc3-c3cc4ccc5ccccc5c4c4c3ccc3ccccc34)cc2)cc1. The highest BCUT2D eigenvalue weighted by Gasteiger charge is 2.22. The lowest BCUT2D eigenvalue weighted by atomic mass is 9.87. The molecule has 1 aromatic heterocycles. The summed E-state index contributed by atoms with van der Waals surface area (Å²) in [5.41, 5.74) is 11.6. The van der Waals surface area contributed by atoms with Gasteiger partial charge < -0.3 is 9.47 Å². The molecule has 11 aromatic carbocycles. The van der Waals surface area contributed by atoms with Crippen molar-refractivity contribution >= 4 is 82.0 Å². The number of anilines is 3. The van der Waals surface area contributed by atoms with E-state index in [1.54, 1.807) is 0 Å². The third-order valence-corrected chi connectivity index (χ3v) is 12.3. The van der Waals surface area contributed by atoms with Crippen molar-refractivity contribution in [1.29, 1.82) is 0 Å². The van der Waals surface area contributed by atoms with E-state index < -0.39 is 0 Å². The van der Waals surface area contributed by atoms with Gasteiger partial charge in [0.2, 0.25) is 0 Å². The second-order valence-electron chi connectivity index (χ2n) is 15.7. The van der Waals surface area contributed by atoms with Crippen LogP contribution >= 0.6 is 0 Å². The number of rotatable bonds is 6. The van der Waals surface area contributed by atoms with Crippen molar-refractivity contribution in [1.82, 2.24) is 4.57 Å². The minimum atomic E-state index is 1.09. The summed E-state index contributed by atoms with van der Waals surface area (Å²) in [5.74, 6) is 0. The van der Waals surface area contributed by atoms with Crippen molar-refractivity contribution in [2.45, 2.75) is 0 Å². The Hall–Kier alpha value is -7.94. The molecule has 0 aliphatic heterocycles. The van der Waals surface area contributed by atoms with Gasteiger partial charge >= 0.3 is 0 Å². The lowest BCUT2D eigenvalue weighted by molar-refractivity contribution is 1.18. The molecule has 2 heteroatoms. The van der Waals surface area contributed by atoms with E-state index in [4.69, 9.17) is 0 Å². The Balaban J connectivity index is 1.15. The third kappa shape index (κ3) is 5.42. The van der Waals surface area contributed by atoms with E-state index in [-0.39, 0.29) is 0 Å². The molecule has 60 heavy (non-hydrogen) atoms. The minimum Gasteiger partial charge on any atom is -0.310 e. The lowest BCUT2D eigenvalue weighted by Crippen LogP contribution is -2.11. The monoisotopic (exact) mass is 762 g/mol. The first kappa shape index (κ1) is 34.1. The zero-order valence-electron chi connectivity index (χ0n) is 32.8. The molecule has 280 valence electrons. The molecule has 0 saturated carbocycles. The fourth-order valence-corrected chi connectivity index (χ4v) is 9.62. The molecule has 12 rings (SSSR count). The zero-order chi connectivity index (χ0) is 39.6. The van der Waals surface area contributed by atoms with Gasteiger partial charge in [-0.15, -0.1) is 0 Å². The van der Waals surface area contributed by atoms with Crippen LogP contribution in [0.1, 0.15) is 0 Å². The highest BCUT2D eigenvalue weighted by molar-refractivity contribution is 6.30. The Kier molecular flexibility index (Phi) is 7.89. The van der Waals surface area contributed by atoms with Crippen LogP contribution in [0.2, 0.25) is 0 Å². The van der Waals surface area contributed by atoms with Crippen LogP contribution in [-0.4, -0.2) is 4.57 Å². The third-order valence-electron chi connectivity index (χ3n) is 12.3. The van der Waals surface area contributed by atoms with Crippen LogP contribution in [-0.2, 0) is 0 Å². The topological polar surface area (TPSA) is 8.17 Å². The summed E-state index contributed by atoms with van der Waals surface area (Å²) in [4.78, 5) is 2.45. The first-order valence-corrected chi connectivity index (χ1v) is 20.7. The zero-order valence-corrected chi connectivity index (χ0v) is 32.8. The van der Waals surface area contributed by atoms with E-state index in [1.807, 2.05) is 0 Å². The lowest BCUT2D eigenvalue weighted by Gasteiger charge is -2.29. The van der Waals surface area contributed by atoms with Crippen molar-refractivity contribution in [3.63, 3.8) is 0 Å². The van der Waals surface area contributed by atoms with E-state index >= 15 is 0 Å². The molecular weight excluding hydrogens is 725 g/mol. The van der Waals surface area contributed by atoms with E-state index in [0.717, 1.165) is 28.3 Å². The van der Waals surface area contributed by atoms with Gasteiger partial charge in [0.15, 0.2) is 0 Å². The average molecular weight is 763 g/mol. The van der Waals surface area contributed by atoms with Crippen LogP contribution in [0.4, 0.5) is 17.1 Å². The molecule has 0 saturated heterocycles. The average Bonchev–Trinajstić information content (AvgIpc) is 3.65. The van der Waals surface area contributed by atoms with Crippen LogP contribution in [0.3, 0.4) is 0 Å². The number of nitrogens with zero attached hydrogens (tertiary/aromatic N) is 2. The molecular formula is C58H38N2. The predicted molar refractivity (Wildman–Crippen MR) is 256 cm³/mol. The van der Waals surface area contributed by atoms with E-state index in [0.29, 0.717) is 0 Å². The number of hydrogen-bond acceptors (Lipinski definition) is 1. The van der Waals surface area contributed by atoms with E-state index in [9.17, 15) is 0 Å². The van der Waals surface area contributed by atoms with Gasteiger partial charge in [-0.2, -0.15) is 0 Å². The summed E-state index contributed by atoms with van der Waals surface area (Å²) >= 11 is 0. The van der Waals surface area contributed by atoms with Crippen molar-refractivity contribution < 1.29 is 0 Å². The number of para-hydroxylation sites is 3. The second kappa shape index (κ2) is 13.9. The Labute approximate surface area is 348 Å². The van der Waals surface area contributed by atoms with Gasteiger partial charge in [-0.1, -0.05) is 176 Å². The molecule has 0 radical (unpaired) electrons. The second-order valence-corrected chi connectivity index (χ2v) is 15.7. The molecule has 0 N–H and O–H groups in total. The molecule has 0 atom stereocenters. The van der Waals surface area contributed by atoms with E-state index in [1.165, 1.54) is 81.6 Å². The largest absolute Gasteiger partial charge is 0.310 e. The highest BCUT2D eigenvalue weighted by Crippen LogP contribution is 2.47. The maximum atomic E-state index is 2.45. The Bertz CT molecular complexity index is 3580. The fraction of sp³-hybridized carbons (Fsp3) is 0. The van der Waals surface area contributed by atoms with Crippen molar-refractivity contribution in [3.05, 3.63) is 231 Å². The van der Waals surface area contributed by atoms with Crippen molar-refractivity contribution in [2.24, 2.45) is 0 Å². The predicted octanol–water partition coefficient (Wildman–Crippen LogP) is 16.2. The van der Waals surface area contributed by atoms with Gasteiger partial charge in [0.1, 0.15) is 0 Å². The number of hydrogen-bond donors (Lipinski definition) is 0. The summed E-state index contributed by atoms with van der Waals surface area (Å²) < 4.78 is 2.41. The van der Waals surface area contributed by atoms with Crippen LogP contribution in [0, 0.1) is 0 Å². The molecule has 1 heterocycles. The van der Waals surface area contributed by atoms with Crippen molar-refractivity contribution in [3.8, 4) is 27.9 Å². The van der Waals surface area contributed by atoms with Gasteiger partial charge in [0.05, 0.1) is 16.7 Å². The van der Waals surface area contributed by atoms with E-state index in [2.05, 4.69) is 240 Å². The summed E-state index contributed by atoms with van der Waals surface area (Å²) in [6, 6.07) is 84.4. The first-order valence-electron chi connectivity index (χ1n) is 20.7. The van der Waals surface area contributed by atoms with Crippen LogP contribution in [0.15, 0.2) is 231 Å². The Morgan fingerprint density at radius 3 is 1.63 bits per heavy atom. The summed E-state index contributed by atoms with van der Waals surface area (Å²) in [5, 5.41) is 12.6. The molecule has 0 amide bonds. The van der Waals surface area contributed by atoms with Gasteiger partial charge in [0, 0.05) is 33.4 Å². The summed E-state index contributed by atoms with van der Waals surface area (Å²) in [7, 11) is 0. The molecule has 0 spiro atoms. The normalized spacial score (nSPS) is 11.7. The maximum Gasteiger partial charge on any atom is 0.0561 e. The molecule has 0 aliphatic rings. The highest BCUT2D eigenvalue weighted by atomic mass is 15.1. The molecule has 0 bridgehead atoms. The summed E-state index contributed by atoms with van der Waals surface area (Å²) in [6.45, 7) is 0. The van der Waals surface area contributed by atoms with Crippen LogP contribution in [0.25, 0.3) is 92.8 Å². The molecule has 2 nitrogen and oxygen atoms in total. The fourth-order valence-electron chi connectivity index (χ4n) is 9.62. The molecule has 0 aliphatic carbocycles. The number of aromatic nitrogens is 1. The van der Waals surface area contributed by atoms with Crippen molar-refractivity contribution in [2.75, 3.05) is 4.90 Å². The quantitative estimate of drug-likeness (QED) is 0.153. The van der Waals surface area contributed by atoms with Gasteiger partial charge in [-0.25, -0.2) is 0 Å². The maximum absolute atomic E-state index is 2.45. The summed E-state index contributed by atoms with van der Waals surface area (Å²) in [6.07, 6.45) is 0. The van der Waals surface area contributed by atoms with Crippen LogP contribution in [0.5, 0.6) is 0 Å². The van der Waals surface area contributed by atoms with Gasteiger partial charge in [-0.05, 0) is 114 Å².